The molecule has 2 heterocycles. The first-order valence-corrected chi connectivity index (χ1v) is 5.53. The Morgan fingerprint density at radius 1 is 1.62 bits per heavy atom. The molecule has 0 saturated carbocycles. The summed E-state index contributed by atoms with van der Waals surface area (Å²) >= 11 is 0. The topological polar surface area (TPSA) is 121 Å². The lowest BCUT2D eigenvalue weighted by atomic mass is 9.89. The Labute approximate surface area is 94.3 Å². The van der Waals surface area contributed by atoms with E-state index in [9.17, 15) is 4.79 Å². The Morgan fingerprint density at radius 2 is 2.25 bits per heavy atom. The van der Waals surface area contributed by atoms with Crippen molar-refractivity contribution in [3.63, 3.8) is 0 Å². The molecular weight excluding hydrogens is 210 g/mol. The molecule has 0 bridgehead atoms. The Hall–Kier alpha value is -0.690. The summed E-state index contributed by atoms with van der Waals surface area (Å²) in [5.41, 5.74) is 10.5. The number of nitrogens with one attached hydrogen (secondary N) is 1. The summed E-state index contributed by atoms with van der Waals surface area (Å²) in [5, 5.41) is 12.3. The van der Waals surface area contributed by atoms with Gasteiger partial charge >= 0.3 is 5.97 Å². The van der Waals surface area contributed by atoms with E-state index < -0.39 is 11.6 Å². The van der Waals surface area contributed by atoms with Gasteiger partial charge in [0, 0.05) is 24.5 Å². The molecule has 16 heavy (non-hydrogen) atoms. The van der Waals surface area contributed by atoms with E-state index in [2.05, 4.69) is 5.32 Å². The monoisotopic (exact) mass is 229 g/mol. The van der Waals surface area contributed by atoms with Crippen molar-refractivity contribution in [3.8, 4) is 0 Å². The van der Waals surface area contributed by atoms with Crippen LogP contribution in [-0.2, 0) is 9.53 Å². The van der Waals surface area contributed by atoms with Crippen molar-refractivity contribution in [1.29, 1.82) is 0 Å². The third-order valence-corrected chi connectivity index (χ3v) is 3.53. The van der Waals surface area contributed by atoms with E-state index in [1.807, 2.05) is 0 Å². The smallest absolute Gasteiger partial charge is 0.335 e. The maximum Gasteiger partial charge on any atom is 0.335 e. The van der Waals surface area contributed by atoms with Crippen LogP contribution in [0.5, 0.6) is 0 Å². The van der Waals surface area contributed by atoms with Gasteiger partial charge in [-0.1, -0.05) is 0 Å². The quantitative estimate of drug-likeness (QED) is 0.443. The van der Waals surface area contributed by atoms with E-state index in [0.29, 0.717) is 6.42 Å². The van der Waals surface area contributed by atoms with E-state index in [0.717, 1.165) is 0 Å². The molecule has 6 atom stereocenters. The van der Waals surface area contributed by atoms with Gasteiger partial charge in [0.25, 0.3) is 0 Å². The minimum absolute atomic E-state index is 0.161. The van der Waals surface area contributed by atoms with E-state index in [1.165, 1.54) is 0 Å². The number of carboxylic acids is 1. The maximum absolute atomic E-state index is 11.2. The molecule has 0 aromatic heterocycles. The molecule has 2 aliphatic rings. The van der Waals surface area contributed by atoms with Gasteiger partial charge in [0.15, 0.2) is 5.60 Å². The van der Waals surface area contributed by atoms with E-state index in [1.54, 1.807) is 13.8 Å². The van der Waals surface area contributed by atoms with Gasteiger partial charge in [-0.3, -0.25) is 0 Å². The lowest BCUT2D eigenvalue weighted by molar-refractivity contribution is -0.178. The molecule has 2 fully saturated rings. The number of hydrogen-bond donors (Lipinski definition) is 4. The second kappa shape index (κ2) is 3.66. The molecule has 92 valence electrons. The molecule has 0 spiro atoms. The molecule has 6 N–H and O–H groups in total. The van der Waals surface area contributed by atoms with Crippen LogP contribution in [0.4, 0.5) is 0 Å². The average Bonchev–Trinajstić information content (AvgIpc) is 2.93. The number of nitrogens with two attached hydrogens (primary N) is 2. The highest BCUT2D eigenvalue weighted by atomic mass is 16.5. The van der Waals surface area contributed by atoms with Gasteiger partial charge in [-0.05, 0) is 13.8 Å². The number of rotatable bonds is 3. The third-order valence-electron chi connectivity index (χ3n) is 3.53. The van der Waals surface area contributed by atoms with Gasteiger partial charge < -0.3 is 26.6 Å². The number of hydrogen-bond acceptors (Lipinski definition) is 5. The standard InChI is InChI=1S/C10H19N3O3/c1-4(11)6(12)8-7-5(13-7)3-10(2,16-8)9(14)15/h4-8,13H,3,11-12H2,1-2H3,(H,14,15)/t4?,5-,6?,7?,8?,10+/m1/s1. The molecule has 2 saturated heterocycles. The second-order valence-corrected chi connectivity index (χ2v) is 5.06. The number of carboxylic acid groups (broad SMARTS) is 1. The number of ether oxygens (including phenoxy) is 1. The van der Waals surface area contributed by atoms with E-state index in [4.69, 9.17) is 21.3 Å². The highest BCUT2D eigenvalue weighted by Gasteiger charge is 2.57. The minimum atomic E-state index is -1.15. The lowest BCUT2D eigenvalue weighted by Crippen LogP contribution is -2.58. The largest absolute Gasteiger partial charge is 0.479 e. The molecule has 0 aromatic rings. The molecule has 4 unspecified atom stereocenters. The molecule has 6 heteroatoms. The zero-order valence-corrected chi connectivity index (χ0v) is 9.51. The van der Waals surface area contributed by atoms with Crippen molar-refractivity contribution >= 4 is 5.97 Å². The van der Waals surface area contributed by atoms with Crippen LogP contribution >= 0.6 is 0 Å². The fraction of sp³-hybridized carbons (Fsp3) is 0.900. The van der Waals surface area contributed by atoms with Crippen LogP contribution < -0.4 is 16.8 Å². The number of carbonyl (C=O) groups is 1. The predicted molar refractivity (Wildman–Crippen MR) is 57.9 cm³/mol. The van der Waals surface area contributed by atoms with Crippen LogP contribution in [0, 0.1) is 0 Å². The van der Waals surface area contributed by atoms with Gasteiger partial charge in [0.05, 0.1) is 12.1 Å². The highest BCUT2D eigenvalue weighted by molar-refractivity contribution is 5.77. The number of aliphatic carboxylic acids is 1. The van der Waals surface area contributed by atoms with Crippen molar-refractivity contribution in [1.82, 2.24) is 5.32 Å². The lowest BCUT2D eigenvalue weighted by Gasteiger charge is -2.37. The SMILES string of the molecule is CC(N)C(N)C1O[C@](C)(C(=O)O)C[C@H]2NC12. The molecule has 0 radical (unpaired) electrons. The van der Waals surface area contributed by atoms with Crippen LogP contribution in [-0.4, -0.2) is 46.9 Å². The summed E-state index contributed by atoms with van der Waals surface area (Å²) in [6.45, 7) is 3.39. The normalized spacial score (nSPS) is 45.6. The van der Waals surface area contributed by atoms with Gasteiger partial charge in [-0.15, -0.1) is 0 Å². The van der Waals surface area contributed by atoms with E-state index >= 15 is 0 Å². The summed E-state index contributed by atoms with van der Waals surface area (Å²) in [6, 6.07) is -0.205. The van der Waals surface area contributed by atoms with Crippen molar-refractivity contribution < 1.29 is 14.6 Å². The zero-order chi connectivity index (χ0) is 12.1. The Kier molecular flexibility index (Phi) is 2.70. The van der Waals surface area contributed by atoms with Crippen molar-refractivity contribution in [2.75, 3.05) is 0 Å². The predicted octanol–water partition coefficient (Wildman–Crippen LogP) is -1.37. The Bertz CT molecular complexity index is 310. The Balaban J connectivity index is 2.13. The van der Waals surface area contributed by atoms with Gasteiger partial charge in [0.2, 0.25) is 0 Å². The number of fused-ring (bicyclic) bond motifs is 1. The molecule has 0 amide bonds. The fourth-order valence-electron chi connectivity index (χ4n) is 2.30. The summed E-state index contributed by atoms with van der Waals surface area (Å²) < 4.78 is 5.65. The second-order valence-electron chi connectivity index (χ2n) is 5.06. The molecule has 0 aliphatic carbocycles. The summed E-state index contributed by atoms with van der Waals surface area (Å²) in [6.07, 6.45) is 0.162. The van der Waals surface area contributed by atoms with Crippen molar-refractivity contribution in [3.05, 3.63) is 0 Å². The fourth-order valence-corrected chi connectivity index (χ4v) is 2.30. The zero-order valence-electron chi connectivity index (χ0n) is 9.51. The minimum Gasteiger partial charge on any atom is -0.479 e. The van der Waals surface area contributed by atoms with Crippen LogP contribution in [0.3, 0.4) is 0 Å². The highest BCUT2D eigenvalue weighted by Crippen LogP contribution is 2.37. The summed E-state index contributed by atoms with van der Waals surface area (Å²) in [4.78, 5) is 11.2. The van der Waals surface area contributed by atoms with Crippen LogP contribution in [0.15, 0.2) is 0 Å². The van der Waals surface area contributed by atoms with Gasteiger partial charge in [0.1, 0.15) is 0 Å². The third kappa shape index (κ3) is 1.82. The van der Waals surface area contributed by atoms with Crippen molar-refractivity contribution in [2.45, 2.75) is 56.1 Å². The molecule has 0 aromatic carbocycles. The summed E-state index contributed by atoms with van der Waals surface area (Å²) in [5.74, 6) is -0.943. The molecule has 2 aliphatic heterocycles. The first kappa shape index (κ1) is 11.8. The Morgan fingerprint density at radius 3 is 2.75 bits per heavy atom. The molecule has 2 rings (SSSR count). The summed E-state index contributed by atoms with van der Waals surface area (Å²) in [7, 11) is 0. The maximum atomic E-state index is 11.2. The molecule has 6 nitrogen and oxygen atoms in total. The van der Waals surface area contributed by atoms with Crippen LogP contribution in [0.2, 0.25) is 0 Å². The van der Waals surface area contributed by atoms with E-state index in [-0.39, 0.29) is 30.3 Å². The van der Waals surface area contributed by atoms with Crippen LogP contribution in [0.1, 0.15) is 20.3 Å². The van der Waals surface area contributed by atoms with Crippen LogP contribution in [0.25, 0.3) is 0 Å². The first-order chi connectivity index (χ1) is 7.35. The van der Waals surface area contributed by atoms with Gasteiger partial charge in [-0.25, -0.2) is 4.79 Å². The van der Waals surface area contributed by atoms with Crippen molar-refractivity contribution in [2.24, 2.45) is 11.5 Å². The average molecular weight is 229 g/mol. The van der Waals surface area contributed by atoms with Gasteiger partial charge in [-0.2, -0.15) is 0 Å². The molecular formula is C10H19N3O3. The first-order valence-electron chi connectivity index (χ1n) is 5.53.